The molecule has 0 amide bonds. The number of fused-ring (bicyclic) bond motifs is 3. The summed E-state index contributed by atoms with van der Waals surface area (Å²) in [5, 5.41) is 5.32. The van der Waals surface area contributed by atoms with Crippen LogP contribution in [0.1, 0.15) is 66.5 Å². The maximum atomic E-state index is 2.99. The van der Waals surface area contributed by atoms with Crippen molar-refractivity contribution in [3.05, 3.63) is 124 Å². The number of hydrogen-bond donors (Lipinski definition) is 0. The van der Waals surface area contributed by atoms with E-state index in [2.05, 4.69) is 154 Å². The van der Waals surface area contributed by atoms with Crippen LogP contribution >= 0.6 is 0 Å². The maximum Gasteiger partial charge on any atom is -0.0200 e. The van der Waals surface area contributed by atoms with Crippen LogP contribution in [0.3, 0.4) is 0 Å². The molecule has 5 aromatic carbocycles. The Kier molecular flexibility index (Phi) is 14.7. The van der Waals surface area contributed by atoms with E-state index in [1.54, 1.807) is 3.81 Å². The molecule has 0 saturated carbocycles. The Bertz CT molecular complexity index is 1630. The molecule has 1 aliphatic rings. The Morgan fingerprint density at radius 2 is 1.07 bits per heavy atom. The summed E-state index contributed by atoms with van der Waals surface area (Å²) >= 11 is 2.19. The number of aryl methyl sites for hydroxylation is 6. The van der Waals surface area contributed by atoms with Gasteiger partial charge in [-0.2, -0.15) is 6.08 Å². The smallest absolute Gasteiger partial charge is 0.0200 e. The number of allylic oxidation sites excluding steroid dienone is 4. The average molecular weight is 656 g/mol. The largest absolute Gasteiger partial charge is 1.00 e. The van der Waals surface area contributed by atoms with E-state index >= 15 is 0 Å². The van der Waals surface area contributed by atoms with Crippen LogP contribution in [0.4, 0.5) is 0 Å². The Balaban J connectivity index is 0.000000443. The first-order valence-corrected chi connectivity index (χ1v) is 16.0. The van der Waals surface area contributed by atoms with Crippen molar-refractivity contribution in [3.63, 3.8) is 0 Å². The van der Waals surface area contributed by atoms with Crippen LogP contribution in [-0.2, 0) is 20.0 Å². The minimum atomic E-state index is 0. The maximum absolute atomic E-state index is 2.99. The van der Waals surface area contributed by atoms with E-state index in [-0.39, 0.29) is 24.8 Å². The first-order valence-electron chi connectivity index (χ1n) is 15.2. The summed E-state index contributed by atoms with van der Waals surface area (Å²) in [6.07, 6.45) is 12.5. The third-order valence-corrected chi connectivity index (χ3v) is 9.18. The van der Waals surface area contributed by atoms with Crippen molar-refractivity contribution >= 4 is 25.4 Å². The van der Waals surface area contributed by atoms with E-state index in [9.17, 15) is 0 Å². The molecular formula is C41H44Cl2Ti-2. The number of rotatable bonds is 4. The van der Waals surface area contributed by atoms with Crippen molar-refractivity contribution in [1.82, 2.24) is 0 Å². The Morgan fingerprint density at radius 3 is 1.34 bits per heavy atom. The molecule has 0 bridgehead atoms. The van der Waals surface area contributed by atoms with Gasteiger partial charge >= 0.3 is 50.5 Å². The Morgan fingerprint density at radius 1 is 0.659 bits per heavy atom. The van der Waals surface area contributed by atoms with Gasteiger partial charge in [-0.05, 0) is 74.9 Å². The van der Waals surface area contributed by atoms with Crippen LogP contribution in [0.15, 0.2) is 85.0 Å². The molecule has 0 aliphatic heterocycles. The van der Waals surface area contributed by atoms with Crippen LogP contribution in [0.2, 0.25) is 0 Å². The van der Waals surface area contributed by atoms with E-state index in [4.69, 9.17) is 0 Å². The first kappa shape index (κ1) is 37.6. The van der Waals surface area contributed by atoms with Gasteiger partial charge in [0.2, 0.25) is 0 Å². The molecule has 0 saturated heterocycles. The van der Waals surface area contributed by atoms with Crippen molar-refractivity contribution in [2.75, 3.05) is 0 Å². The second-order valence-corrected chi connectivity index (χ2v) is 12.7. The van der Waals surface area contributed by atoms with Gasteiger partial charge in [-0.15, -0.1) is 46.2 Å². The molecule has 0 aromatic heterocycles. The molecule has 0 unspecified atom stereocenters. The van der Waals surface area contributed by atoms with E-state index in [1.165, 1.54) is 90.0 Å². The molecule has 0 N–H and O–H groups in total. The van der Waals surface area contributed by atoms with E-state index < -0.39 is 0 Å². The Labute approximate surface area is 289 Å². The molecule has 3 heteroatoms. The fraction of sp³-hybridized carbons (Fsp3) is 0.268. The molecular weight excluding hydrogens is 611 g/mol. The summed E-state index contributed by atoms with van der Waals surface area (Å²) in [6, 6.07) is 25.4. The normalized spacial score (nSPS) is 11.3. The molecule has 1 aliphatic carbocycles. The van der Waals surface area contributed by atoms with Crippen molar-refractivity contribution in [3.8, 4) is 22.3 Å². The first-order chi connectivity index (χ1) is 20.1. The topological polar surface area (TPSA) is 0 Å². The summed E-state index contributed by atoms with van der Waals surface area (Å²) in [7, 11) is 0. The van der Waals surface area contributed by atoms with E-state index in [0.717, 1.165) is 6.42 Å². The van der Waals surface area contributed by atoms with E-state index in [1.807, 2.05) is 12.2 Å². The SMILES string of the molecule is CC[C](=[Ti+2])CC.Cc1cc(C)c(-c2ccc3c(c2)[cH-]c2cc(-c4c(C)cc(C)cc4C)ccc23)c(C)c1.[C-]1=CC=CC1.[Cl-].[Cl-]. The van der Waals surface area contributed by atoms with Gasteiger partial charge in [-0.3, -0.25) is 6.08 Å². The minimum Gasteiger partial charge on any atom is -1.00 e. The fourth-order valence-corrected chi connectivity index (χ4v) is 6.19. The third-order valence-electron chi connectivity index (χ3n) is 8.08. The minimum absolute atomic E-state index is 0. The van der Waals surface area contributed by atoms with Gasteiger partial charge in [0.1, 0.15) is 0 Å². The molecule has 5 aromatic rings. The summed E-state index contributed by atoms with van der Waals surface area (Å²) in [4.78, 5) is 0. The van der Waals surface area contributed by atoms with Crippen molar-refractivity contribution in [2.45, 2.75) is 74.7 Å². The Hall–Kier alpha value is -2.61. The third kappa shape index (κ3) is 8.98. The quantitative estimate of drug-likeness (QED) is 0.171. The van der Waals surface area contributed by atoms with Crippen LogP contribution in [0.5, 0.6) is 0 Å². The number of benzene rings is 4. The standard InChI is InChI=1S/C31H29.C5H5.C5H10.2ClH.Ti/c1-18-11-20(3)30(21(4)12-18)24-7-9-28-26(15-24)17-27-16-25(8-10-29(27)28)31-22(5)13-19(2)14-23(31)6;1-2-4-5-3-1;1-3-5-4-2;;;/h7-17H,1-6H3;1-3H,4H2;3-4H2,1-2H3;2*1H;/q2*-1;;;;+2/p-2. The van der Waals surface area contributed by atoms with Gasteiger partial charge < -0.3 is 24.8 Å². The molecule has 44 heavy (non-hydrogen) atoms. The van der Waals surface area contributed by atoms with E-state index in [0.29, 0.717) is 0 Å². The molecule has 0 nitrogen and oxygen atoms in total. The number of hydrogen-bond acceptors (Lipinski definition) is 0. The molecule has 6 rings (SSSR count). The zero-order valence-electron chi connectivity index (χ0n) is 27.5. The summed E-state index contributed by atoms with van der Waals surface area (Å²) in [5.74, 6) is 0. The molecule has 0 fully saturated rings. The molecule has 0 spiro atoms. The predicted molar refractivity (Wildman–Crippen MR) is 183 cm³/mol. The summed E-state index contributed by atoms with van der Waals surface area (Å²) < 4.78 is 1.59. The molecule has 228 valence electrons. The molecule has 0 radical (unpaired) electrons. The van der Waals surface area contributed by atoms with Gasteiger partial charge in [-0.25, -0.2) is 12.2 Å². The summed E-state index contributed by atoms with van der Waals surface area (Å²) in [5.41, 5.74) is 13.4. The zero-order chi connectivity index (χ0) is 30.4. The average Bonchev–Trinajstić information content (AvgIpc) is 3.63. The van der Waals surface area contributed by atoms with Crippen molar-refractivity contribution < 1.29 is 44.8 Å². The predicted octanol–water partition coefficient (Wildman–Crippen LogP) is 5.74. The summed E-state index contributed by atoms with van der Waals surface area (Å²) in [6.45, 7) is 17.6. The zero-order valence-corrected chi connectivity index (χ0v) is 30.5. The molecule has 0 atom stereocenters. The van der Waals surface area contributed by atoms with Crippen LogP contribution in [0, 0.1) is 47.6 Å². The van der Waals surface area contributed by atoms with Gasteiger partial charge in [0, 0.05) is 0 Å². The van der Waals surface area contributed by atoms with Crippen molar-refractivity contribution in [1.29, 1.82) is 0 Å². The van der Waals surface area contributed by atoms with Gasteiger partial charge in [0.25, 0.3) is 0 Å². The second kappa shape index (κ2) is 17.2. The molecule has 0 heterocycles. The van der Waals surface area contributed by atoms with Gasteiger partial charge in [0.15, 0.2) is 0 Å². The van der Waals surface area contributed by atoms with Gasteiger partial charge in [-0.1, -0.05) is 70.8 Å². The van der Waals surface area contributed by atoms with Crippen molar-refractivity contribution in [2.24, 2.45) is 0 Å². The van der Waals surface area contributed by atoms with Crippen LogP contribution in [0.25, 0.3) is 43.8 Å². The van der Waals surface area contributed by atoms with Crippen LogP contribution < -0.4 is 24.8 Å². The monoisotopic (exact) mass is 654 g/mol. The number of halogens is 2. The fourth-order valence-electron chi connectivity index (χ4n) is 6.19. The van der Waals surface area contributed by atoms with Gasteiger partial charge in [0.05, 0.1) is 0 Å². The van der Waals surface area contributed by atoms with Crippen LogP contribution in [-0.4, -0.2) is 3.81 Å². The second-order valence-electron chi connectivity index (χ2n) is 11.6.